The molecule has 5 aromatic rings. The van der Waals surface area contributed by atoms with E-state index in [1.165, 1.54) is 44.2 Å². The highest BCUT2D eigenvalue weighted by Crippen LogP contribution is 2.48. The standard InChI is InChI=1S/C26H20N2/c1-26(2)21-14-13-17(16-20(21)25-22(26)10-7-15-27-25)28-23-11-5-3-8-18(23)19-9-4-6-12-24(19)28/h3-16H,1-2H3. The molecule has 0 amide bonds. The van der Waals surface area contributed by atoms with Crippen LogP contribution in [0.2, 0.25) is 0 Å². The van der Waals surface area contributed by atoms with Crippen LogP contribution in [0, 0.1) is 0 Å². The molecule has 0 atom stereocenters. The predicted octanol–water partition coefficient (Wildman–Crippen LogP) is 6.49. The fraction of sp³-hybridized carbons (Fsp3) is 0.115. The summed E-state index contributed by atoms with van der Waals surface area (Å²) in [5, 5.41) is 2.58. The van der Waals surface area contributed by atoms with E-state index in [9.17, 15) is 0 Å². The first-order valence-corrected chi connectivity index (χ1v) is 9.75. The van der Waals surface area contributed by atoms with E-state index in [0.29, 0.717) is 0 Å². The summed E-state index contributed by atoms with van der Waals surface area (Å²) >= 11 is 0. The molecule has 28 heavy (non-hydrogen) atoms. The maximum atomic E-state index is 4.73. The number of nitrogens with zero attached hydrogens (tertiary/aromatic N) is 2. The Morgan fingerprint density at radius 2 is 1.39 bits per heavy atom. The van der Waals surface area contributed by atoms with E-state index >= 15 is 0 Å². The van der Waals surface area contributed by atoms with Gasteiger partial charge in [-0.1, -0.05) is 62.4 Å². The van der Waals surface area contributed by atoms with Gasteiger partial charge in [0.1, 0.15) is 0 Å². The molecule has 0 aliphatic heterocycles. The summed E-state index contributed by atoms with van der Waals surface area (Å²) in [4.78, 5) is 4.73. The predicted molar refractivity (Wildman–Crippen MR) is 116 cm³/mol. The second-order valence-electron chi connectivity index (χ2n) is 8.12. The minimum atomic E-state index is -0.0156. The van der Waals surface area contributed by atoms with Crippen LogP contribution in [0.1, 0.15) is 25.0 Å². The van der Waals surface area contributed by atoms with Gasteiger partial charge in [-0.15, -0.1) is 0 Å². The van der Waals surface area contributed by atoms with Crippen molar-refractivity contribution in [3.05, 3.63) is 96.2 Å². The van der Waals surface area contributed by atoms with Crippen LogP contribution in [0.5, 0.6) is 0 Å². The third-order valence-electron chi connectivity index (χ3n) is 6.25. The van der Waals surface area contributed by atoms with Gasteiger partial charge in [-0.2, -0.15) is 0 Å². The lowest BCUT2D eigenvalue weighted by Crippen LogP contribution is -2.15. The summed E-state index contributed by atoms with van der Waals surface area (Å²) in [5.41, 5.74) is 8.67. The van der Waals surface area contributed by atoms with Crippen LogP contribution in [0.3, 0.4) is 0 Å². The van der Waals surface area contributed by atoms with Crippen molar-refractivity contribution in [1.29, 1.82) is 0 Å². The number of hydrogen-bond acceptors (Lipinski definition) is 1. The van der Waals surface area contributed by atoms with Gasteiger partial charge in [0, 0.05) is 33.6 Å². The molecular weight excluding hydrogens is 340 g/mol. The van der Waals surface area contributed by atoms with E-state index < -0.39 is 0 Å². The molecule has 1 aliphatic rings. The number of rotatable bonds is 1. The van der Waals surface area contributed by atoms with Crippen molar-refractivity contribution in [2.24, 2.45) is 0 Å². The van der Waals surface area contributed by atoms with Crippen LogP contribution in [-0.2, 0) is 5.41 Å². The molecule has 2 heterocycles. The smallest absolute Gasteiger partial charge is 0.0746 e. The molecule has 0 N–H and O–H groups in total. The Kier molecular flexibility index (Phi) is 2.98. The Bertz CT molecular complexity index is 1340. The fourth-order valence-electron chi connectivity index (χ4n) is 4.88. The van der Waals surface area contributed by atoms with Gasteiger partial charge in [0.15, 0.2) is 0 Å². The molecule has 2 nitrogen and oxygen atoms in total. The highest BCUT2D eigenvalue weighted by atomic mass is 15.0. The third kappa shape index (κ3) is 1.90. The Balaban J connectivity index is 1.69. The number of hydrogen-bond donors (Lipinski definition) is 0. The van der Waals surface area contributed by atoms with Crippen LogP contribution >= 0.6 is 0 Å². The fourth-order valence-corrected chi connectivity index (χ4v) is 4.88. The lowest BCUT2D eigenvalue weighted by Gasteiger charge is -2.21. The van der Waals surface area contributed by atoms with Crippen molar-refractivity contribution in [2.45, 2.75) is 19.3 Å². The van der Waals surface area contributed by atoms with E-state index in [4.69, 9.17) is 4.98 Å². The molecule has 0 fully saturated rings. The number of pyridine rings is 1. The third-order valence-corrected chi connectivity index (χ3v) is 6.25. The average molecular weight is 360 g/mol. The van der Waals surface area contributed by atoms with Crippen LogP contribution in [-0.4, -0.2) is 9.55 Å². The molecule has 2 aromatic heterocycles. The number of fused-ring (bicyclic) bond motifs is 6. The molecule has 0 saturated heterocycles. The second kappa shape index (κ2) is 5.32. The Morgan fingerprint density at radius 1 is 0.714 bits per heavy atom. The number of aromatic nitrogens is 2. The summed E-state index contributed by atoms with van der Waals surface area (Å²) in [7, 11) is 0. The zero-order chi connectivity index (χ0) is 18.9. The maximum absolute atomic E-state index is 4.73. The first kappa shape index (κ1) is 15.6. The van der Waals surface area contributed by atoms with Crippen LogP contribution in [0.15, 0.2) is 85.1 Å². The topological polar surface area (TPSA) is 17.8 Å². The van der Waals surface area contributed by atoms with Crippen LogP contribution < -0.4 is 0 Å². The minimum absolute atomic E-state index is 0.0156. The van der Waals surface area contributed by atoms with E-state index in [1.54, 1.807) is 0 Å². The Hall–Kier alpha value is -3.39. The van der Waals surface area contributed by atoms with Gasteiger partial charge >= 0.3 is 0 Å². The lowest BCUT2D eigenvalue weighted by molar-refractivity contribution is 0.659. The summed E-state index contributed by atoms with van der Waals surface area (Å²) in [6, 6.07) is 28.4. The Morgan fingerprint density at radius 3 is 2.11 bits per heavy atom. The van der Waals surface area contributed by atoms with E-state index in [1.807, 2.05) is 12.3 Å². The summed E-state index contributed by atoms with van der Waals surface area (Å²) in [6.45, 7) is 4.58. The number of para-hydroxylation sites is 2. The molecule has 2 heteroatoms. The van der Waals surface area contributed by atoms with Crippen LogP contribution in [0.25, 0.3) is 38.8 Å². The molecular formula is C26H20N2. The Labute approximate surface area is 164 Å². The van der Waals surface area contributed by atoms with Gasteiger partial charge in [-0.25, -0.2) is 0 Å². The zero-order valence-corrected chi connectivity index (χ0v) is 16.0. The summed E-state index contributed by atoms with van der Waals surface area (Å²) < 4.78 is 2.37. The quantitative estimate of drug-likeness (QED) is 0.334. The molecule has 134 valence electrons. The molecule has 3 aromatic carbocycles. The molecule has 0 bridgehead atoms. The summed E-state index contributed by atoms with van der Waals surface area (Å²) in [5.74, 6) is 0. The van der Waals surface area contributed by atoms with Crippen molar-refractivity contribution >= 4 is 21.8 Å². The maximum Gasteiger partial charge on any atom is 0.0746 e. The van der Waals surface area contributed by atoms with Crippen molar-refractivity contribution in [2.75, 3.05) is 0 Å². The molecule has 0 radical (unpaired) electrons. The van der Waals surface area contributed by atoms with Crippen molar-refractivity contribution in [3.8, 4) is 16.9 Å². The minimum Gasteiger partial charge on any atom is -0.309 e. The first-order chi connectivity index (χ1) is 13.7. The van der Waals surface area contributed by atoms with Gasteiger partial charge in [0.05, 0.1) is 16.7 Å². The summed E-state index contributed by atoms with van der Waals surface area (Å²) in [6.07, 6.45) is 1.90. The second-order valence-corrected chi connectivity index (χ2v) is 8.12. The van der Waals surface area contributed by atoms with Crippen LogP contribution in [0.4, 0.5) is 0 Å². The van der Waals surface area contributed by atoms with Gasteiger partial charge in [0.25, 0.3) is 0 Å². The molecule has 1 aliphatic carbocycles. The van der Waals surface area contributed by atoms with Crippen molar-refractivity contribution in [1.82, 2.24) is 9.55 Å². The molecule has 0 spiro atoms. The largest absolute Gasteiger partial charge is 0.309 e. The normalized spacial score (nSPS) is 14.4. The molecule has 0 unspecified atom stereocenters. The van der Waals surface area contributed by atoms with Gasteiger partial charge in [-0.05, 0) is 41.5 Å². The monoisotopic (exact) mass is 360 g/mol. The lowest BCUT2D eigenvalue weighted by atomic mass is 9.83. The van der Waals surface area contributed by atoms with Gasteiger partial charge < -0.3 is 4.57 Å². The SMILES string of the molecule is CC1(C)c2ccc(-n3c4ccccc4c4ccccc43)cc2-c2ncccc21. The van der Waals surface area contributed by atoms with Gasteiger partial charge in [-0.3, -0.25) is 4.98 Å². The number of benzene rings is 3. The van der Waals surface area contributed by atoms with Crippen molar-refractivity contribution in [3.63, 3.8) is 0 Å². The zero-order valence-electron chi connectivity index (χ0n) is 16.0. The first-order valence-electron chi connectivity index (χ1n) is 9.75. The van der Waals surface area contributed by atoms with E-state index in [2.05, 4.69) is 91.2 Å². The van der Waals surface area contributed by atoms with E-state index in [0.717, 1.165) is 5.69 Å². The van der Waals surface area contributed by atoms with Crippen molar-refractivity contribution < 1.29 is 0 Å². The molecule has 6 rings (SSSR count). The van der Waals surface area contributed by atoms with Gasteiger partial charge in [0.2, 0.25) is 0 Å². The highest BCUT2D eigenvalue weighted by molar-refractivity contribution is 6.09. The molecule has 0 saturated carbocycles. The van der Waals surface area contributed by atoms with E-state index in [-0.39, 0.29) is 5.41 Å². The highest BCUT2D eigenvalue weighted by Gasteiger charge is 2.36. The average Bonchev–Trinajstić information content (AvgIpc) is 3.18.